The summed E-state index contributed by atoms with van der Waals surface area (Å²) in [5.74, 6) is -5.77. The maximum Gasteiger partial charge on any atom is 0.332 e. The van der Waals surface area contributed by atoms with E-state index in [1.807, 2.05) is 0 Å². The van der Waals surface area contributed by atoms with Gasteiger partial charge in [-0.15, -0.1) is 0 Å². The third-order valence-electron chi connectivity index (χ3n) is 6.15. The third-order valence-corrected chi connectivity index (χ3v) is 6.15. The van der Waals surface area contributed by atoms with Gasteiger partial charge in [0.2, 0.25) is 0 Å². The fourth-order valence-corrected chi connectivity index (χ4v) is 3.93. The average molecular weight is 547 g/mol. The largest absolute Gasteiger partial charge is 0.503 e. The van der Waals surface area contributed by atoms with Gasteiger partial charge >= 0.3 is 17.9 Å². The first-order chi connectivity index (χ1) is 18.5. The van der Waals surface area contributed by atoms with Crippen LogP contribution >= 0.6 is 0 Å². The first-order valence-electron chi connectivity index (χ1n) is 12.4. The molecule has 2 heterocycles. The second kappa shape index (κ2) is 13.0. The molecular weight excluding hydrogens is 515 g/mol. The molecule has 3 rings (SSSR count). The number of esters is 3. The van der Waals surface area contributed by atoms with Gasteiger partial charge in [-0.25, -0.2) is 14.2 Å². The Labute approximate surface area is 224 Å². The lowest BCUT2D eigenvalue weighted by Gasteiger charge is -2.29. The van der Waals surface area contributed by atoms with E-state index >= 15 is 0 Å². The average Bonchev–Trinajstić information content (AvgIpc) is 2.93. The first kappa shape index (κ1) is 29.3. The first-order valence-corrected chi connectivity index (χ1v) is 12.4. The number of nitrogens with zero attached hydrogens (tertiary/aromatic N) is 1. The molecule has 0 unspecified atom stereocenters. The number of halogens is 1. The standard InChI is InChI=1S/C27H31FN2O9/c1-14(2)25(33)39-23-15(3)38-27(35)19(30-24(32)21-22(31)20(36-4)11-12-29-21)13-37-26(34)18(23)10-7-16-5-8-17(28)9-6-16/h5-6,8-9,11-12,14-15,18-19,23,31H,7,10,13H2,1-4H3,(H,30,32)/t15-,18+,19-,23-/m0/s1. The van der Waals surface area contributed by atoms with Crippen LogP contribution in [-0.4, -0.2) is 65.9 Å². The predicted molar refractivity (Wildman–Crippen MR) is 133 cm³/mol. The van der Waals surface area contributed by atoms with Crippen LogP contribution in [-0.2, 0) is 35.0 Å². The number of aromatic nitrogens is 1. The Morgan fingerprint density at radius 1 is 1.18 bits per heavy atom. The van der Waals surface area contributed by atoms with Crippen LogP contribution in [0.15, 0.2) is 36.5 Å². The summed E-state index contributed by atoms with van der Waals surface area (Å²) in [5.41, 5.74) is 0.320. The number of aromatic hydroxyl groups is 1. The van der Waals surface area contributed by atoms with Crippen LogP contribution in [0.1, 0.15) is 43.2 Å². The molecule has 4 atom stereocenters. The Bertz CT molecular complexity index is 1200. The molecule has 2 aromatic rings. The molecule has 210 valence electrons. The van der Waals surface area contributed by atoms with E-state index < -0.39 is 77.8 Å². The quantitative estimate of drug-likeness (QED) is 0.373. The molecule has 1 amide bonds. The van der Waals surface area contributed by atoms with Crippen molar-refractivity contribution in [3.8, 4) is 11.5 Å². The van der Waals surface area contributed by atoms with Crippen LogP contribution in [0.4, 0.5) is 4.39 Å². The van der Waals surface area contributed by atoms with Crippen molar-refractivity contribution in [1.29, 1.82) is 0 Å². The van der Waals surface area contributed by atoms with Crippen LogP contribution in [0.25, 0.3) is 0 Å². The number of cyclic esters (lactones) is 2. The molecule has 1 aliphatic heterocycles. The van der Waals surface area contributed by atoms with Crippen LogP contribution in [0, 0.1) is 17.7 Å². The van der Waals surface area contributed by atoms with Crippen molar-refractivity contribution in [2.24, 2.45) is 11.8 Å². The summed E-state index contributed by atoms with van der Waals surface area (Å²) in [5, 5.41) is 12.6. The molecule has 1 aliphatic rings. The lowest BCUT2D eigenvalue weighted by atomic mass is 9.91. The van der Waals surface area contributed by atoms with Gasteiger partial charge in [0.05, 0.1) is 18.9 Å². The highest BCUT2D eigenvalue weighted by molar-refractivity contribution is 5.98. The van der Waals surface area contributed by atoms with Gasteiger partial charge < -0.3 is 29.4 Å². The summed E-state index contributed by atoms with van der Waals surface area (Å²) in [6.45, 7) is 4.12. The van der Waals surface area contributed by atoms with Crippen molar-refractivity contribution in [3.63, 3.8) is 0 Å². The summed E-state index contributed by atoms with van der Waals surface area (Å²) in [6.07, 6.45) is -0.586. The summed E-state index contributed by atoms with van der Waals surface area (Å²) >= 11 is 0. The second-order valence-electron chi connectivity index (χ2n) is 9.34. The summed E-state index contributed by atoms with van der Waals surface area (Å²) in [4.78, 5) is 55.3. The van der Waals surface area contributed by atoms with E-state index in [-0.39, 0.29) is 12.2 Å². The van der Waals surface area contributed by atoms with E-state index in [4.69, 9.17) is 18.9 Å². The van der Waals surface area contributed by atoms with E-state index in [1.165, 1.54) is 38.4 Å². The number of nitrogens with one attached hydrogen (secondary N) is 1. The Balaban J connectivity index is 1.84. The Morgan fingerprint density at radius 2 is 1.87 bits per heavy atom. The number of aryl methyl sites for hydroxylation is 1. The Hall–Kier alpha value is -4.22. The number of hydrogen-bond acceptors (Lipinski definition) is 10. The number of pyridine rings is 1. The molecule has 1 saturated heterocycles. The second-order valence-corrected chi connectivity index (χ2v) is 9.34. The van der Waals surface area contributed by atoms with Crippen LogP contribution < -0.4 is 10.1 Å². The molecule has 1 fully saturated rings. The minimum atomic E-state index is -1.45. The highest BCUT2D eigenvalue weighted by Crippen LogP contribution is 2.28. The van der Waals surface area contributed by atoms with E-state index in [0.717, 1.165) is 5.56 Å². The van der Waals surface area contributed by atoms with Crippen molar-refractivity contribution in [3.05, 3.63) is 53.6 Å². The summed E-state index contributed by atoms with van der Waals surface area (Å²) in [7, 11) is 1.29. The van der Waals surface area contributed by atoms with Gasteiger partial charge in [-0.2, -0.15) is 0 Å². The molecule has 11 nitrogen and oxygen atoms in total. The maximum atomic E-state index is 13.3. The molecular formula is C27H31FN2O9. The van der Waals surface area contributed by atoms with Crippen molar-refractivity contribution in [2.75, 3.05) is 13.7 Å². The maximum absolute atomic E-state index is 13.3. The lowest BCUT2D eigenvalue weighted by molar-refractivity contribution is -0.176. The molecule has 0 radical (unpaired) electrons. The predicted octanol–water partition coefficient (Wildman–Crippen LogP) is 2.34. The van der Waals surface area contributed by atoms with Crippen molar-refractivity contribution >= 4 is 23.8 Å². The normalized spacial score (nSPS) is 21.6. The topological polar surface area (TPSA) is 150 Å². The smallest absolute Gasteiger partial charge is 0.332 e. The van der Waals surface area contributed by atoms with Crippen molar-refractivity contribution in [1.82, 2.24) is 10.3 Å². The number of hydrogen-bond donors (Lipinski definition) is 2. The molecule has 0 aliphatic carbocycles. The monoisotopic (exact) mass is 546 g/mol. The minimum Gasteiger partial charge on any atom is -0.503 e. The number of carbonyl (C=O) groups excluding carboxylic acids is 4. The molecule has 1 aromatic carbocycles. The van der Waals surface area contributed by atoms with Gasteiger partial charge in [0, 0.05) is 12.3 Å². The zero-order chi connectivity index (χ0) is 28.7. The van der Waals surface area contributed by atoms with Crippen LogP contribution in [0.2, 0.25) is 0 Å². The SMILES string of the molecule is COc1ccnc(C(=O)N[C@H]2COC(=O)[C@H](CCc3ccc(F)cc3)[C@@H](OC(=O)C(C)C)[C@H](C)OC2=O)c1O. The fraction of sp³-hybridized carbons (Fsp3) is 0.444. The van der Waals surface area contributed by atoms with E-state index in [0.29, 0.717) is 6.42 Å². The van der Waals surface area contributed by atoms with Crippen LogP contribution in [0.5, 0.6) is 11.5 Å². The molecule has 0 spiro atoms. The molecule has 1 aromatic heterocycles. The zero-order valence-corrected chi connectivity index (χ0v) is 22.0. The van der Waals surface area contributed by atoms with E-state index in [1.54, 1.807) is 26.0 Å². The summed E-state index contributed by atoms with van der Waals surface area (Å²) in [6, 6.07) is 5.62. The summed E-state index contributed by atoms with van der Waals surface area (Å²) < 4.78 is 34.8. The molecule has 0 saturated carbocycles. The van der Waals surface area contributed by atoms with Gasteiger partial charge in [-0.3, -0.25) is 14.4 Å². The van der Waals surface area contributed by atoms with Crippen molar-refractivity contribution in [2.45, 2.75) is 51.9 Å². The molecule has 0 bridgehead atoms. The molecule has 2 N–H and O–H groups in total. The highest BCUT2D eigenvalue weighted by Gasteiger charge is 2.42. The third kappa shape index (κ3) is 7.43. The van der Waals surface area contributed by atoms with Gasteiger partial charge in [0.1, 0.15) is 18.5 Å². The molecule has 12 heteroatoms. The zero-order valence-electron chi connectivity index (χ0n) is 22.0. The van der Waals surface area contributed by atoms with Crippen molar-refractivity contribution < 1.29 is 47.6 Å². The van der Waals surface area contributed by atoms with Gasteiger partial charge in [0.15, 0.2) is 29.3 Å². The lowest BCUT2D eigenvalue weighted by Crippen LogP contribution is -2.46. The van der Waals surface area contributed by atoms with Gasteiger partial charge in [-0.05, 0) is 37.5 Å². The van der Waals surface area contributed by atoms with Crippen LogP contribution in [0.3, 0.4) is 0 Å². The highest BCUT2D eigenvalue weighted by atomic mass is 19.1. The number of methoxy groups -OCH3 is 1. The number of rotatable bonds is 8. The number of amides is 1. The van der Waals surface area contributed by atoms with E-state index in [9.17, 15) is 28.7 Å². The number of carbonyl (C=O) groups is 4. The number of ether oxygens (including phenoxy) is 4. The fourth-order valence-electron chi connectivity index (χ4n) is 3.93. The Kier molecular flexibility index (Phi) is 9.80. The Morgan fingerprint density at radius 3 is 2.51 bits per heavy atom. The van der Waals surface area contributed by atoms with E-state index in [2.05, 4.69) is 10.3 Å². The molecule has 39 heavy (non-hydrogen) atoms. The van der Waals surface area contributed by atoms with Gasteiger partial charge in [-0.1, -0.05) is 26.0 Å². The minimum absolute atomic E-state index is 0.00829. The number of benzene rings is 1. The van der Waals surface area contributed by atoms with Gasteiger partial charge in [0.25, 0.3) is 5.91 Å².